The number of ether oxygens (including phenoxy) is 1. The van der Waals surface area contributed by atoms with E-state index in [0.717, 1.165) is 35.1 Å². The molecule has 1 spiro atoms. The Morgan fingerprint density at radius 3 is 2.82 bits per heavy atom. The van der Waals surface area contributed by atoms with E-state index in [0.29, 0.717) is 18.6 Å². The summed E-state index contributed by atoms with van der Waals surface area (Å²) in [5.41, 5.74) is 0.837. The van der Waals surface area contributed by atoms with Gasteiger partial charge in [-0.15, -0.1) is 0 Å². The number of carbonyl (C=O) groups excluding carboxylic acids is 2. The van der Waals surface area contributed by atoms with Crippen LogP contribution in [0.15, 0.2) is 42.7 Å². The van der Waals surface area contributed by atoms with Gasteiger partial charge in [-0.1, -0.05) is 18.2 Å². The molecule has 1 aliphatic heterocycles. The van der Waals surface area contributed by atoms with Crippen LogP contribution in [-0.4, -0.2) is 56.9 Å². The van der Waals surface area contributed by atoms with Crippen LogP contribution in [0.4, 0.5) is 5.69 Å². The van der Waals surface area contributed by atoms with Crippen LogP contribution in [0.1, 0.15) is 45.1 Å². The fraction of sp³-hybridized carbons (Fsp3) is 0.440. The van der Waals surface area contributed by atoms with Crippen molar-refractivity contribution in [3.8, 4) is 5.75 Å². The lowest BCUT2D eigenvalue weighted by Gasteiger charge is -2.36. The summed E-state index contributed by atoms with van der Waals surface area (Å²) in [5, 5.41) is 20.3. The molecule has 1 saturated carbocycles. The summed E-state index contributed by atoms with van der Waals surface area (Å²) in [6.07, 6.45) is 6.14. The summed E-state index contributed by atoms with van der Waals surface area (Å²) in [7, 11) is 0. The number of aromatic nitrogens is 3. The maximum atomic E-state index is 13.7. The number of nitrogens with zero attached hydrogens (tertiary/aromatic N) is 3. The van der Waals surface area contributed by atoms with E-state index < -0.39 is 11.0 Å². The van der Waals surface area contributed by atoms with Gasteiger partial charge in [-0.25, -0.2) is 4.98 Å². The van der Waals surface area contributed by atoms with Crippen molar-refractivity contribution in [1.29, 1.82) is 0 Å². The van der Waals surface area contributed by atoms with Crippen molar-refractivity contribution in [1.82, 2.24) is 20.5 Å². The number of aliphatic hydroxyl groups is 1. The second-order valence-electron chi connectivity index (χ2n) is 9.88. The minimum Gasteiger partial charge on any atom is -0.489 e. The molecular formula is C25H29N5O4. The number of fused-ring (bicyclic) bond motifs is 3. The molecule has 5 rings (SSSR count). The fourth-order valence-corrected chi connectivity index (χ4v) is 5.03. The van der Waals surface area contributed by atoms with Gasteiger partial charge in [-0.05, 0) is 57.2 Å². The van der Waals surface area contributed by atoms with E-state index in [1.165, 1.54) is 0 Å². The molecule has 1 aromatic carbocycles. The third-order valence-corrected chi connectivity index (χ3v) is 6.74. The van der Waals surface area contributed by atoms with E-state index in [1.807, 2.05) is 30.3 Å². The van der Waals surface area contributed by atoms with E-state index in [2.05, 4.69) is 20.5 Å². The number of anilines is 1. The molecule has 3 aromatic rings. The van der Waals surface area contributed by atoms with E-state index in [9.17, 15) is 14.7 Å². The maximum absolute atomic E-state index is 13.7. The van der Waals surface area contributed by atoms with Crippen LogP contribution in [0, 0.1) is 0 Å². The molecule has 3 N–H and O–H groups in total. The number of hydrogen-bond donors (Lipinski definition) is 3. The zero-order valence-corrected chi connectivity index (χ0v) is 19.4. The van der Waals surface area contributed by atoms with Gasteiger partial charge < -0.3 is 20.1 Å². The minimum atomic E-state index is -1.01. The Balaban J connectivity index is 1.29. The van der Waals surface area contributed by atoms with Gasteiger partial charge in [0.2, 0.25) is 11.8 Å². The normalized spacial score (nSPS) is 22.3. The van der Waals surface area contributed by atoms with Crippen LogP contribution in [0.25, 0.3) is 11.0 Å². The molecule has 0 unspecified atom stereocenters. The highest BCUT2D eigenvalue weighted by Gasteiger charge is 2.52. The lowest BCUT2D eigenvalue weighted by Crippen LogP contribution is -2.48. The van der Waals surface area contributed by atoms with Gasteiger partial charge in [0, 0.05) is 17.6 Å². The van der Waals surface area contributed by atoms with Gasteiger partial charge >= 0.3 is 0 Å². The Morgan fingerprint density at radius 2 is 2.06 bits per heavy atom. The Labute approximate surface area is 197 Å². The summed E-state index contributed by atoms with van der Waals surface area (Å²) in [6.45, 7) is 3.31. The molecule has 9 nitrogen and oxygen atoms in total. The first-order valence-electron chi connectivity index (χ1n) is 11.6. The maximum Gasteiger partial charge on any atom is 0.240 e. The fourth-order valence-electron chi connectivity index (χ4n) is 5.03. The molecule has 0 saturated heterocycles. The number of pyridine rings is 1. The topological polar surface area (TPSA) is 120 Å². The third kappa shape index (κ3) is 4.11. The lowest BCUT2D eigenvalue weighted by atomic mass is 9.69. The second-order valence-corrected chi connectivity index (χ2v) is 9.88. The van der Waals surface area contributed by atoms with Gasteiger partial charge in [0.1, 0.15) is 12.3 Å². The molecule has 0 bridgehead atoms. The highest BCUT2D eigenvalue weighted by Crippen LogP contribution is 2.50. The first kappa shape index (κ1) is 22.3. The zero-order valence-electron chi connectivity index (χ0n) is 19.4. The smallest absolute Gasteiger partial charge is 0.240 e. The molecule has 2 amide bonds. The number of hydrogen-bond acceptors (Lipinski definition) is 6. The molecule has 2 aliphatic rings. The number of aromatic amines is 1. The largest absolute Gasteiger partial charge is 0.489 e. The SMILES string of the molecule is CC(C)(O)CNC(=O)CN1C(=O)C2(CCC(Oc3cnc4[nH]ncc4c3)CC2)c2ccccc21. The summed E-state index contributed by atoms with van der Waals surface area (Å²) < 4.78 is 6.20. The predicted molar refractivity (Wildman–Crippen MR) is 127 cm³/mol. The van der Waals surface area contributed by atoms with E-state index in [1.54, 1.807) is 31.1 Å². The van der Waals surface area contributed by atoms with Gasteiger partial charge in [0.25, 0.3) is 0 Å². The number of para-hydroxylation sites is 1. The number of rotatable bonds is 6. The molecule has 3 heterocycles. The van der Waals surface area contributed by atoms with Crippen LogP contribution in [0.2, 0.25) is 0 Å². The summed E-state index contributed by atoms with van der Waals surface area (Å²) >= 11 is 0. The van der Waals surface area contributed by atoms with Gasteiger partial charge in [0.05, 0.1) is 29.5 Å². The molecule has 9 heteroatoms. The van der Waals surface area contributed by atoms with Gasteiger partial charge in [0.15, 0.2) is 5.65 Å². The van der Waals surface area contributed by atoms with Gasteiger partial charge in [-0.2, -0.15) is 5.10 Å². The summed E-state index contributed by atoms with van der Waals surface area (Å²) in [6, 6.07) is 9.65. The average molecular weight is 464 g/mol. The Hall–Kier alpha value is -3.46. The monoisotopic (exact) mass is 463 g/mol. The predicted octanol–water partition coefficient (Wildman–Crippen LogP) is 2.45. The Bertz CT molecular complexity index is 1220. The second kappa shape index (κ2) is 8.39. The zero-order chi connectivity index (χ0) is 23.9. The number of amides is 2. The first-order valence-corrected chi connectivity index (χ1v) is 11.6. The average Bonchev–Trinajstić information content (AvgIpc) is 3.36. The molecule has 34 heavy (non-hydrogen) atoms. The van der Waals surface area contributed by atoms with Crippen LogP contribution < -0.4 is 15.0 Å². The molecule has 1 aliphatic carbocycles. The highest BCUT2D eigenvalue weighted by molar-refractivity contribution is 6.10. The van der Waals surface area contributed by atoms with E-state index in [4.69, 9.17) is 4.74 Å². The van der Waals surface area contributed by atoms with Crippen LogP contribution in [0.5, 0.6) is 5.75 Å². The van der Waals surface area contributed by atoms with Crippen molar-refractivity contribution < 1.29 is 19.4 Å². The number of H-pyrrole nitrogens is 1. The highest BCUT2D eigenvalue weighted by atomic mass is 16.5. The van der Waals surface area contributed by atoms with Crippen molar-refractivity contribution in [3.63, 3.8) is 0 Å². The van der Waals surface area contributed by atoms with Crippen molar-refractivity contribution in [2.24, 2.45) is 0 Å². The van der Waals surface area contributed by atoms with E-state index in [-0.39, 0.29) is 31.0 Å². The van der Waals surface area contributed by atoms with Crippen molar-refractivity contribution in [3.05, 3.63) is 48.3 Å². The number of benzene rings is 1. The first-order chi connectivity index (χ1) is 16.2. The van der Waals surface area contributed by atoms with Crippen LogP contribution in [0.3, 0.4) is 0 Å². The van der Waals surface area contributed by atoms with Crippen LogP contribution >= 0.6 is 0 Å². The summed E-state index contributed by atoms with van der Waals surface area (Å²) in [4.78, 5) is 32.2. The Kier molecular flexibility index (Phi) is 5.51. The van der Waals surface area contributed by atoms with Crippen molar-refractivity contribution >= 4 is 28.5 Å². The number of carbonyl (C=O) groups is 2. The molecule has 178 valence electrons. The van der Waals surface area contributed by atoms with Crippen molar-refractivity contribution in [2.45, 2.75) is 56.7 Å². The summed E-state index contributed by atoms with van der Waals surface area (Å²) in [5.74, 6) is 0.367. The molecule has 2 aromatic heterocycles. The third-order valence-electron chi connectivity index (χ3n) is 6.74. The Morgan fingerprint density at radius 1 is 1.29 bits per heavy atom. The quantitative estimate of drug-likeness (QED) is 0.516. The van der Waals surface area contributed by atoms with E-state index >= 15 is 0 Å². The molecule has 1 fully saturated rings. The van der Waals surface area contributed by atoms with Crippen LogP contribution in [-0.2, 0) is 15.0 Å². The lowest BCUT2D eigenvalue weighted by molar-refractivity contribution is -0.127. The van der Waals surface area contributed by atoms with Gasteiger partial charge in [-0.3, -0.25) is 14.7 Å². The van der Waals surface area contributed by atoms with Crippen molar-refractivity contribution in [2.75, 3.05) is 18.0 Å². The molecule has 0 atom stereocenters. The molecule has 0 radical (unpaired) electrons. The molecular weight excluding hydrogens is 434 g/mol. The standard InChI is InChI=1S/C25H29N5O4/c1-24(2,33)15-27-21(31)14-30-20-6-4-3-5-19(20)25(23(30)32)9-7-17(8-10-25)34-18-11-16-12-28-29-22(16)26-13-18/h3-6,11-13,17,33H,7-10,14-15H2,1-2H3,(H,27,31)(H,26,28,29). The minimum absolute atomic E-state index is 0.0131. The number of nitrogens with one attached hydrogen (secondary N) is 2.